The van der Waals surface area contributed by atoms with Crippen LogP contribution in [-0.2, 0) is 4.74 Å². The molecule has 0 aromatic heterocycles. The highest BCUT2D eigenvalue weighted by Crippen LogP contribution is 2.27. The quantitative estimate of drug-likeness (QED) is 0.702. The molecule has 0 radical (unpaired) electrons. The number of aryl methyl sites for hydroxylation is 1. The van der Waals surface area contributed by atoms with Gasteiger partial charge < -0.3 is 14.5 Å². The van der Waals surface area contributed by atoms with Gasteiger partial charge in [0.25, 0.3) is 5.91 Å². The Kier molecular flexibility index (Phi) is 6.32. The number of halogens is 2. The Morgan fingerprint density at radius 1 is 1.27 bits per heavy atom. The Labute approximate surface area is 162 Å². The molecule has 0 N–H and O–H groups in total. The SMILES string of the molecule is Cc1ccc(F)c(C(=O)N2CCC(N(C)C(=O)OC(C)(C)C)CC2)c1Br. The van der Waals surface area contributed by atoms with Crippen molar-refractivity contribution in [2.45, 2.75) is 52.2 Å². The summed E-state index contributed by atoms with van der Waals surface area (Å²) >= 11 is 3.32. The number of piperidine rings is 1. The number of nitrogens with zero attached hydrogens (tertiary/aromatic N) is 2. The molecule has 1 saturated heterocycles. The van der Waals surface area contributed by atoms with Gasteiger partial charge in [0.2, 0.25) is 0 Å². The summed E-state index contributed by atoms with van der Waals surface area (Å²) in [4.78, 5) is 28.2. The number of hydrogen-bond acceptors (Lipinski definition) is 3. The van der Waals surface area contributed by atoms with Gasteiger partial charge >= 0.3 is 6.09 Å². The van der Waals surface area contributed by atoms with Crippen LogP contribution in [0.15, 0.2) is 16.6 Å². The van der Waals surface area contributed by atoms with Gasteiger partial charge in [0, 0.05) is 30.7 Å². The van der Waals surface area contributed by atoms with Crippen molar-refractivity contribution in [2.75, 3.05) is 20.1 Å². The summed E-state index contributed by atoms with van der Waals surface area (Å²) in [6, 6.07) is 2.95. The number of ether oxygens (including phenoxy) is 1. The highest BCUT2D eigenvalue weighted by molar-refractivity contribution is 9.10. The number of amides is 2. The van der Waals surface area contributed by atoms with Crippen LogP contribution in [0, 0.1) is 12.7 Å². The van der Waals surface area contributed by atoms with Crippen LogP contribution in [0.1, 0.15) is 49.5 Å². The second-order valence-electron chi connectivity index (χ2n) is 7.67. The van der Waals surface area contributed by atoms with Crippen molar-refractivity contribution in [3.63, 3.8) is 0 Å². The monoisotopic (exact) mass is 428 g/mol. The lowest BCUT2D eigenvalue weighted by Gasteiger charge is -2.37. The zero-order chi connectivity index (χ0) is 19.6. The van der Waals surface area contributed by atoms with Crippen LogP contribution in [-0.4, -0.2) is 53.6 Å². The molecular weight excluding hydrogens is 403 g/mol. The average Bonchev–Trinajstić information content (AvgIpc) is 2.56. The fraction of sp³-hybridized carbons (Fsp3) is 0.579. The van der Waals surface area contributed by atoms with E-state index in [9.17, 15) is 14.0 Å². The molecule has 0 bridgehead atoms. The molecule has 2 amide bonds. The molecule has 0 atom stereocenters. The molecule has 1 aromatic carbocycles. The average molecular weight is 429 g/mol. The first-order valence-corrected chi connectivity index (χ1v) is 9.50. The molecule has 0 unspecified atom stereocenters. The number of hydrogen-bond donors (Lipinski definition) is 0. The highest BCUT2D eigenvalue weighted by Gasteiger charge is 2.31. The maximum atomic E-state index is 14.2. The summed E-state index contributed by atoms with van der Waals surface area (Å²) in [5.41, 5.74) is 0.343. The van der Waals surface area contributed by atoms with E-state index in [0.717, 1.165) is 5.56 Å². The van der Waals surface area contributed by atoms with E-state index in [1.54, 1.807) is 22.9 Å². The summed E-state index contributed by atoms with van der Waals surface area (Å²) in [5, 5.41) is 0. The first kappa shape index (κ1) is 20.7. The van der Waals surface area contributed by atoms with Crippen molar-refractivity contribution in [3.05, 3.63) is 33.5 Å². The summed E-state index contributed by atoms with van der Waals surface area (Å²) < 4.78 is 20.0. The zero-order valence-corrected chi connectivity index (χ0v) is 17.5. The van der Waals surface area contributed by atoms with Gasteiger partial charge in [0.1, 0.15) is 11.4 Å². The van der Waals surface area contributed by atoms with Crippen LogP contribution in [0.5, 0.6) is 0 Å². The molecule has 0 saturated carbocycles. The minimum absolute atomic E-state index is 0.000280. The van der Waals surface area contributed by atoms with Gasteiger partial charge in [-0.1, -0.05) is 6.07 Å². The molecule has 144 valence electrons. The fourth-order valence-corrected chi connectivity index (χ4v) is 3.44. The standard InChI is InChI=1S/C19H26BrFN2O3/c1-12-6-7-14(21)15(16(12)20)17(24)23-10-8-13(9-11-23)22(5)18(25)26-19(2,3)4/h6-7,13H,8-11H2,1-5H3. The number of benzene rings is 1. The first-order chi connectivity index (χ1) is 12.0. The lowest BCUT2D eigenvalue weighted by atomic mass is 10.0. The van der Waals surface area contributed by atoms with E-state index in [2.05, 4.69) is 15.9 Å². The van der Waals surface area contributed by atoms with Crippen molar-refractivity contribution in [2.24, 2.45) is 0 Å². The minimum atomic E-state index is -0.545. The van der Waals surface area contributed by atoms with E-state index in [4.69, 9.17) is 4.74 Å². The normalized spacial score (nSPS) is 15.7. The van der Waals surface area contributed by atoms with E-state index in [-0.39, 0.29) is 23.6 Å². The maximum absolute atomic E-state index is 14.2. The van der Waals surface area contributed by atoms with Crippen molar-refractivity contribution < 1.29 is 18.7 Å². The van der Waals surface area contributed by atoms with Gasteiger partial charge in [-0.05, 0) is 68.1 Å². The third-order valence-electron chi connectivity index (χ3n) is 4.48. The molecule has 0 aliphatic carbocycles. The Balaban J connectivity index is 2.01. The third-order valence-corrected chi connectivity index (χ3v) is 5.50. The topological polar surface area (TPSA) is 49.9 Å². The fourth-order valence-electron chi connectivity index (χ4n) is 2.95. The second kappa shape index (κ2) is 7.94. The molecular formula is C19H26BrFN2O3. The molecule has 7 heteroatoms. The van der Waals surface area contributed by atoms with Gasteiger partial charge in [0.15, 0.2) is 0 Å². The molecule has 2 rings (SSSR count). The molecule has 1 aliphatic heterocycles. The molecule has 0 spiro atoms. The van der Waals surface area contributed by atoms with E-state index in [0.29, 0.717) is 30.4 Å². The van der Waals surface area contributed by atoms with Crippen LogP contribution < -0.4 is 0 Å². The molecule has 1 aliphatic rings. The predicted octanol–water partition coefficient (Wildman–Crippen LogP) is 4.37. The third kappa shape index (κ3) is 4.75. The second-order valence-corrected chi connectivity index (χ2v) is 8.46. The van der Waals surface area contributed by atoms with Gasteiger partial charge in [-0.25, -0.2) is 9.18 Å². The molecule has 1 heterocycles. The summed E-state index contributed by atoms with van der Waals surface area (Å²) in [5.74, 6) is -0.850. The number of likely N-dealkylation sites (tertiary alicyclic amines) is 1. The lowest BCUT2D eigenvalue weighted by Crippen LogP contribution is -2.48. The van der Waals surface area contributed by atoms with E-state index in [1.807, 2.05) is 27.7 Å². The molecule has 5 nitrogen and oxygen atoms in total. The van der Waals surface area contributed by atoms with Gasteiger partial charge in [0.05, 0.1) is 5.56 Å². The Morgan fingerprint density at radius 3 is 2.38 bits per heavy atom. The van der Waals surface area contributed by atoms with Crippen LogP contribution in [0.3, 0.4) is 0 Å². The summed E-state index contributed by atoms with van der Waals surface area (Å²) in [7, 11) is 1.72. The van der Waals surface area contributed by atoms with E-state index in [1.165, 1.54) is 6.07 Å². The largest absolute Gasteiger partial charge is 0.444 e. The summed E-state index contributed by atoms with van der Waals surface area (Å²) in [6.45, 7) is 8.24. The minimum Gasteiger partial charge on any atom is -0.444 e. The molecule has 1 fully saturated rings. The van der Waals surface area contributed by atoms with Crippen molar-refractivity contribution >= 4 is 27.9 Å². The van der Waals surface area contributed by atoms with Crippen LogP contribution in [0.25, 0.3) is 0 Å². The molecule has 1 aromatic rings. The van der Waals surface area contributed by atoms with Crippen molar-refractivity contribution in [1.82, 2.24) is 9.80 Å². The van der Waals surface area contributed by atoms with Crippen molar-refractivity contribution in [3.8, 4) is 0 Å². The number of carbonyl (C=O) groups is 2. The van der Waals surface area contributed by atoms with E-state index < -0.39 is 11.4 Å². The Hall–Kier alpha value is -1.63. The van der Waals surface area contributed by atoms with Gasteiger partial charge in [-0.3, -0.25) is 4.79 Å². The zero-order valence-electron chi connectivity index (χ0n) is 15.9. The van der Waals surface area contributed by atoms with Crippen molar-refractivity contribution in [1.29, 1.82) is 0 Å². The van der Waals surface area contributed by atoms with E-state index >= 15 is 0 Å². The Bertz CT molecular complexity index is 695. The first-order valence-electron chi connectivity index (χ1n) is 8.71. The lowest BCUT2D eigenvalue weighted by molar-refractivity contribution is 0.0155. The van der Waals surface area contributed by atoms with Crippen LogP contribution in [0.4, 0.5) is 9.18 Å². The van der Waals surface area contributed by atoms with Gasteiger partial charge in [-0.15, -0.1) is 0 Å². The molecule has 26 heavy (non-hydrogen) atoms. The predicted molar refractivity (Wildman–Crippen MR) is 102 cm³/mol. The maximum Gasteiger partial charge on any atom is 0.410 e. The van der Waals surface area contributed by atoms with Crippen LogP contribution in [0.2, 0.25) is 0 Å². The van der Waals surface area contributed by atoms with Crippen LogP contribution >= 0.6 is 15.9 Å². The number of rotatable bonds is 2. The Morgan fingerprint density at radius 2 is 1.85 bits per heavy atom. The van der Waals surface area contributed by atoms with Gasteiger partial charge in [-0.2, -0.15) is 0 Å². The summed E-state index contributed by atoms with van der Waals surface area (Å²) in [6.07, 6.45) is 0.897. The highest BCUT2D eigenvalue weighted by atomic mass is 79.9. The number of carbonyl (C=O) groups excluding carboxylic acids is 2. The smallest absolute Gasteiger partial charge is 0.410 e.